The minimum Gasteiger partial charge on any atom is -0.311 e. The van der Waals surface area contributed by atoms with E-state index in [2.05, 4.69) is 10.2 Å². The second-order valence-electron chi connectivity index (χ2n) is 5.39. The van der Waals surface area contributed by atoms with Crippen LogP contribution in [0.1, 0.15) is 17.2 Å². The molecule has 0 saturated carbocycles. The van der Waals surface area contributed by atoms with E-state index in [1.165, 1.54) is 0 Å². The van der Waals surface area contributed by atoms with Gasteiger partial charge in [0.15, 0.2) is 17.5 Å². The number of likely N-dealkylation sites (N-methyl/N-ethyl adjacent to an activating group) is 1. The van der Waals surface area contributed by atoms with Crippen LogP contribution in [0.2, 0.25) is 0 Å². The highest BCUT2D eigenvalue weighted by Crippen LogP contribution is 2.17. The van der Waals surface area contributed by atoms with Gasteiger partial charge in [0.25, 0.3) is 0 Å². The molecular formula is C17H19F3N2. The SMILES string of the molecule is CN(C)C(CNCc1cc(F)c(F)c(F)c1)c1ccccc1. The third kappa shape index (κ3) is 4.08. The maximum Gasteiger partial charge on any atom is 0.194 e. The molecule has 118 valence electrons. The number of nitrogens with zero attached hydrogens (tertiary/aromatic N) is 1. The third-order valence-corrected chi connectivity index (χ3v) is 3.52. The normalized spacial score (nSPS) is 12.6. The van der Waals surface area contributed by atoms with E-state index < -0.39 is 17.5 Å². The van der Waals surface area contributed by atoms with E-state index in [1.54, 1.807) is 0 Å². The third-order valence-electron chi connectivity index (χ3n) is 3.52. The Labute approximate surface area is 128 Å². The molecule has 0 aliphatic carbocycles. The van der Waals surface area contributed by atoms with E-state index in [0.29, 0.717) is 12.1 Å². The molecule has 0 spiro atoms. The Morgan fingerprint density at radius 2 is 1.59 bits per heavy atom. The molecule has 1 atom stereocenters. The Bertz CT molecular complexity index is 592. The Balaban J connectivity index is 1.99. The van der Waals surface area contributed by atoms with Crippen molar-refractivity contribution in [2.75, 3.05) is 20.6 Å². The van der Waals surface area contributed by atoms with Gasteiger partial charge in [0.05, 0.1) is 0 Å². The molecule has 2 nitrogen and oxygen atoms in total. The van der Waals surface area contributed by atoms with E-state index >= 15 is 0 Å². The first-order valence-electron chi connectivity index (χ1n) is 7.04. The average Bonchev–Trinajstić information content (AvgIpc) is 2.49. The summed E-state index contributed by atoms with van der Waals surface area (Å²) in [6.45, 7) is 0.878. The lowest BCUT2D eigenvalue weighted by molar-refractivity contribution is 0.288. The van der Waals surface area contributed by atoms with Gasteiger partial charge < -0.3 is 10.2 Å². The number of hydrogen-bond acceptors (Lipinski definition) is 2. The summed E-state index contributed by atoms with van der Waals surface area (Å²) in [5.74, 6) is -3.76. The zero-order valence-corrected chi connectivity index (χ0v) is 12.6. The van der Waals surface area contributed by atoms with Crippen LogP contribution in [0.5, 0.6) is 0 Å². The molecule has 0 bridgehead atoms. The van der Waals surface area contributed by atoms with Gasteiger partial charge in [-0.2, -0.15) is 0 Å². The van der Waals surface area contributed by atoms with Crippen molar-refractivity contribution in [3.63, 3.8) is 0 Å². The monoisotopic (exact) mass is 308 g/mol. The van der Waals surface area contributed by atoms with Crippen LogP contribution in [-0.4, -0.2) is 25.5 Å². The molecule has 0 saturated heterocycles. The van der Waals surface area contributed by atoms with Gasteiger partial charge in [0.1, 0.15) is 0 Å². The maximum absolute atomic E-state index is 13.2. The average molecular weight is 308 g/mol. The highest BCUT2D eigenvalue weighted by Gasteiger charge is 2.14. The molecule has 0 aromatic heterocycles. The lowest BCUT2D eigenvalue weighted by Crippen LogP contribution is -2.30. The second-order valence-corrected chi connectivity index (χ2v) is 5.39. The molecule has 0 radical (unpaired) electrons. The predicted octanol–water partition coefficient (Wildman–Crippen LogP) is 3.50. The molecule has 0 aliphatic rings. The molecule has 0 amide bonds. The molecule has 5 heteroatoms. The number of halogens is 3. The van der Waals surface area contributed by atoms with Crippen LogP contribution in [-0.2, 0) is 6.54 Å². The van der Waals surface area contributed by atoms with Crippen LogP contribution in [0.3, 0.4) is 0 Å². The summed E-state index contributed by atoms with van der Waals surface area (Å²) in [5.41, 5.74) is 1.53. The number of nitrogens with one attached hydrogen (secondary N) is 1. The Hall–Kier alpha value is -1.85. The van der Waals surface area contributed by atoms with Crippen molar-refractivity contribution in [2.45, 2.75) is 12.6 Å². The van der Waals surface area contributed by atoms with Crippen molar-refractivity contribution in [3.05, 3.63) is 71.0 Å². The van der Waals surface area contributed by atoms with Gasteiger partial charge in [0.2, 0.25) is 0 Å². The smallest absolute Gasteiger partial charge is 0.194 e. The summed E-state index contributed by atoms with van der Waals surface area (Å²) in [7, 11) is 3.94. The van der Waals surface area contributed by atoms with Gasteiger partial charge >= 0.3 is 0 Å². The number of hydrogen-bond donors (Lipinski definition) is 1. The van der Waals surface area contributed by atoms with E-state index in [0.717, 1.165) is 17.7 Å². The highest BCUT2D eigenvalue weighted by molar-refractivity contribution is 5.21. The molecule has 2 aromatic rings. The molecule has 0 fully saturated rings. The zero-order chi connectivity index (χ0) is 16.1. The van der Waals surface area contributed by atoms with Crippen molar-refractivity contribution in [2.24, 2.45) is 0 Å². The second kappa shape index (κ2) is 7.42. The van der Waals surface area contributed by atoms with Gasteiger partial charge in [-0.25, -0.2) is 13.2 Å². The summed E-state index contributed by atoms with van der Waals surface area (Å²) in [6, 6.07) is 12.1. The standard InChI is InChI=1S/C17H19F3N2/c1-22(2)16(13-6-4-3-5-7-13)11-21-10-12-8-14(18)17(20)15(19)9-12/h3-9,16,21H,10-11H2,1-2H3. The Morgan fingerprint density at radius 1 is 1.00 bits per heavy atom. The van der Waals surface area contributed by atoms with E-state index in [-0.39, 0.29) is 12.6 Å². The molecule has 2 rings (SSSR count). The van der Waals surface area contributed by atoms with Crippen LogP contribution < -0.4 is 5.32 Å². The molecular weight excluding hydrogens is 289 g/mol. The van der Waals surface area contributed by atoms with Gasteiger partial charge in [0, 0.05) is 19.1 Å². The fourth-order valence-electron chi connectivity index (χ4n) is 2.34. The molecule has 1 unspecified atom stereocenters. The number of rotatable bonds is 6. The van der Waals surface area contributed by atoms with Crippen molar-refractivity contribution in [1.82, 2.24) is 10.2 Å². The first-order valence-corrected chi connectivity index (χ1v) is 7.04. The molecule has 0 aliphatic heterocycles. The van der Waals surface area contributed by atoms with Gasteiger partial charge in [-0.1, -0.05) is 30.3 Å². The van der Waals surface area contributed by atoms with Gasteiger partial charge in [-0.3, -0.25) is 0 Å². The van der Waals surface area contributed by atoms with Crippen LogP contribution in [0.4, 0.5) is 13.2 Å². The predicted molar refractivity (Wildman–Crippen MR) is 80.9 cm³/mol. The van der Waals surface area contributed by atoms with Crippen LogP contribution in [0, 0.1) is 17.5 Å². The zero-order valence-electron chi connectivity index (χ0n) is 12.6. The van der Waals surface area contributed by atoms with Crippen LogP contribution in [0.25, 0.3) is 0 Å². The quantitative estimate of drug-likeness (QED) is 0.822. The lowest BCUT2D eigenvalue weighted by Gasteiger charge is -2.25. The minimum atomic E-state index is -1.43. The highest BCUT2D eigenvalue weighted by atomic mass is 19.2. The molecule has 2 aromatic carbocycles. The van der Waals surface area contributed by atoms with E-state index in [9.17, 15) is 13.2 Å². The van der Waals surface area contributed by atoms with Crippen molar-refractivity contribution in [3.8, 4) is 0 Å². The molecule has 1 N–H and O–H groups in total. The first kappa shape index (κ1) is 16.5. The van der Waals surface area contributed by atoms with Crippen molar-refractivity contribution in [1.29, 1.82) is 0 Å². The van der Waals surface area contributed by atoms with Gasteiger partial charge in [-0.05, 0) is 37.4 Å². The Morgan fingerprint density at radius 3 is 2.14 bits per heavy atom. The summed E-state index contributed by atoms with van der Waals surface area (Å²) in [5, 5.41) is 3.16. The van der Waals surface area contributed by atoms with Crippen molar-refractivity contribution >= 4 is 0 Å². The van der Waals surface area contributed by atoms with Crippen LogP contribution >= 0.6 is 0 Å². The number of benzene rings is 2. The minimum absolute atomic E-state index is 0.136. The largest absolute Gasteiger partial charge is 0.311 e. The summed E-state index contributed by atoms with van der Waals surface area (Å²) >= 11 is 0. The fourth-order valence-corrected chi connectivity index (χ4v) is 2.34. The van der Waals surface area contributed by atoms with Crippen molar-refractivity contribution < 1.29 is 13.2 Å². The molecule has 0 heterocycles. The van der Waals surface area contributed by atoms with E-state index in [4.69, 9.17) is 0 Å². The van der Waals surface area contributed by atoms with Gasteiger partial charge in [-0.15, -0.1) is 0 Å². The summed E-state index contributed by atoms with van der Waals surface area (Å²) in [6.07, 6.45) is 0. The van der Waals surface area contributed by atoms with Crippen LogP contribution in [0.15, 0.2) is 42.5 Å². The lowest BCUT2D eigenvalue weighted by atomic mass is 10.1. The topological polar surface area (TPSA) is 15.3 Å². The Kier molecular flexibility index (Phi) is 5.57. The van der Waals surface area contributed by atoms with E-state index in [1.807, 2.05) is 44.4 Å². The molecule has 22 heavy (non-hydrogen) atoms. The summed E-state index contributed by atoms with van der Waals surface area (Å²) in [4.78, 5) is 2.06. The maximum atomic E-state index is 13.2. The first-order chi connectivity index (χ1) is 10.5. The fraction of sp³-hybridized carbons (Fsp3) is 0.294. The summed E-state index contributed by atoms with van der Waals surface area (Å²) < 4.78 is 39.2.